The van der Waals surface area contributed by atoms with Crippen molar-refractivity contribution in [3.05, 3.63) is 39.4 Å². The van der Waals surface area contributed by atoms with E-state index in [0.29, 0.717) is 29.0 Å². The van der Waals surface area contributed by atoms with Crippen molar-refractivity contribution < 1.29 is 4.79 Å². The first-order valence-electron chi connectivity index (χ1n) is 12.8. The Hall–Kier alpha value is -1.99. The highest BCUT2D eigenvalue weighted by molar-refractivity contribution is 7.71. The van der Waals surface area contributed by atoms with Crippen LogP contribution in [0.4, 0.5) is 0 Å². The smallest absolute Gasteiger partial charge is 0.262 e. The summed E-state index contributed by atoms with van der Waals surface area (Å²) in [6.07, 6.45) is 11.0. The molecule has 1 N–H and O–H groups in total. The van der Waals surface area contributed by atoms with Crippen LogP contribution in [-0.2, 0) is 11.3 Å². The van der Waals surface area contributed by atoms with Crippen LogP contribution in [0.25, 0.3) is 10.9 Å². The van der Waals surface area contributed by atoms with Crippen molar-refractivity contribution in [2.45, 2.75) is 70.8 Å². The van der Waals surface area contributed by atoms with E-state index in [2.05, 4.69) is 14.8 Å². The van der Waals surface area contributed by atoms with Crippen LogP contribution in [0.3, 0.4) is 0 Å². The molecule has 3 heterocycles. The van der Waals surface area contributed by atoms with E-state index < -0.39 is 0 Å². The minimum atomic E-state index is -0.0338. The number of carbonyl (C=O) groups is 1. The van der Waals surface area contributed by atoms with E-state index in [1.165, 1.54) is 45.3 Å². The first-order chi connectivity index (χ1) is 16.1. The van der Waals surface area contributed by atoms with Gasteiger partial charge in [0.1, 0.15) is 0 Å². The molecule has 0 aliphatic carbocycles. The van der Waals surface area contributed by atoms with Gasteiger partial charge in [-0.05, 0) is 81.9 Å². The van der Waals surface area contributed by atoms with Gasteiger partial charge in [0.05, 0.1) is 10.9 Å². The highest BCUT2D eigenvalue weighted by atomic mass is 32.1. The molecular weight excluding hydrogens is 432 g/mol. The Kier molecular flexibility index (Phi) is 8.73. The third-order valence-corrected chi connectivity index (χ3v) is 7.67. The number of likely N-dealkylation sites (tertiary alicyclic amines) is 2. The summed E-state index contributed by atoms with van der Waals surface area (Å²) in [4.78, 5) is 33.3. The Morgan fingerprint density at radius 3 is 2.45 bits per heavy atom. The van der Waals surface area contributed by atoms with Crippen LogP contribution in [0, 0.1) is 10.7 Å². The van der Waals surface area contributed by atoms with Gasteiger partial charge in [0, 0.05) is 32.6 Å². The molecule has 0 radical (unpaired) electrons. The number of hydrogen-bond acceptors (Lipinski definition) is 4. The van der Waals surface area contributed by atoms with Gasteiger partial charge < -0.3 is 14.8 Å². The molecule has 6 nitrogen and oxygen atoms in total. The lowest BCUT2D eigenvalue weighted by Crippen LogP contribution is -2.41. The molecule has 0 saturated carbocycles. The van der Waals surface area contributed by atoms with E-state index in [4.69, 9.17) is 12.2 Å². The highest BCUT2D eigenvalue weighted by Crippen LogP contribution is 2.21. The van der Waals surface area contributed by atoms with Gasteiger partial charge in [0.25, 0.3) is 5.56 Å². The van der Waals surface area contributed by atoms with Crippen molar-refractivity contribution in [1.82, 2.24) is 19.4 Å². The number of aromatic nitrogens is 2. The summed E-state index contributed by atoms with van der Waals surface area (Å²) in [6, 6.07) is 7.47. The molecule has 1 aromatic heterocycles. The lowest BCUT2D eigenvalue weighted by molar-refractivity contribution is -0.132. The van der Waals surface area contributed by atoms with Gasteiger partial charge in [-0.3, -0.25) is 14.2 Å². The fourth-order valence-electron chi connectivity index (χ4n) is 5.33. The van der Waals surface area contributed by atoms with E-state index in [-0.39, 0.29) is 5.56 Å². The fourth-order valence-corrected chi connectivity index (χ4v) is 5.62. The Balaban J connectivity index is 1.15. The van der Waals surface area contributed by atoms with Gasteiger partial charge in [-0.25, -0.2) is 0 Å². The summed E-state index contributed by atoms with van der Waals surface area (Å²) in [7, 11) is 0. The van der Waals surface area contributed by atoms with Crippen LogP contribution in [0.5, 0.6) is 0 Å². The number of rotatable bonds is 8. The van der Waals surface area contributed by atoms with Gasteiger partial charge in [0.15, 0.2) is 4.77 Å². The Bertz CT molecular complexity index is 1030. The van der Waals surface area contributed by atoms with E-state index in [9.17, 15) is 9.59 Å². The number of para-hydroxylation sites is 1. The predicted octanol–water partition coefficient (Wildman–Crippen LogP) is 4.73. The van der Waals surface area contributed by atoms with Crippen molar-refractivity contribution in [2.24, 2.45) is 5.92 Å². The van der Waals surface area contributed by atoms with Crippen molar-refractivity contribution in [2.75, 3.05) is 32.7 Å². The van der Waals surface area contributed by atoms with Crippen LogP contribution in [0.15, 0.2) is 29.1 Å². The van der Waals surface area contributed by atoms with Gasteiger partial charge >= 0.3 is 0 Å². The zero-order valence-corrected chi connectivity index (χ0v) is 20.6. The maximum absolute atomic E-state index is 12.7. The molecule has 0 unspecified atom stereocenters. The molecule has 1 amide bonds. The number of H-pyrrole nitrogens is 1. The number of aromatic amines is 1. The molecule has 2 aromatic rings. The summed E-state index contributed by atoms with van der Waals surface area (Å²) in [5, 5.41) is 0.667. The minimum absolute atomic E-state index is 0.0338. The Morgan fingerprint density at radius 2 is 1.70 bits per heavy atom. The van der Waals surface area contributed by atoms with Crippen LogP contribution in [0.2, 0.25) is 0 Å². The normalized spacial score (nSPS) is 18.5. The summed E-state index contributed by atoms with van der Waals surface area (Å²) in [5.74, 6) is 1.04. The van der Waals surface area contributed by atoms with Gasteiger partial charge in [0.2, 0.25) is 5.91 Å². The summed E-state index contributed by atoms with van der Waals surface area (Å²) >= 11 is 5.38. The van der Waals surface area contributed by atoms with Gasteiger partial charge in [-0.15, -0.1) is 0 Å². The number of carbonyl (C=O) groups excluding carboxylic acids is 1. The first kappa shape index (κ1) is 24.1. The molecule has 0 spiro atoms. The minimum Gasteiger partial charge on any atom is -0.343 e. The lowest BCUT2D eigenvalue weighted by Gasteiger charge is -2.34. The molecule has 0 atom stereocenters. The monoisotopic (exact) mass is 470 g/mol. The molecule has 2 saturated heterocycles. The fraction of sp³-hybridized carbons (Fsp3) is 0.654. The van der Waals surface area contributed by atoms with Crippen LogP contribution in [0.1, 0.15) is 64.2 Å². The molecule has 0 bridgehead atoms. The molecule has 2 aliphatic heterocycles. The maximum atomic E-state index is 12.7. The SMILES string of the molecule is O=C(CCCCCn1c(=S)[nH]c2ccccc2c1=O)N1CCC(CN2CCCCCC2)CC1. The second-order valence-corrected chi connectivity index (χ2v) is 10.2. The molecule has 180 valence electrons. The number of benzene rings is 1. The van der Waals surface area contributed by atoms with Crippen LogP contribution >= 0.6 is 12.2 Å². The van der Waals surface area contributed by atoms with Crippen molar-refractivity contribution in [3.8, 4) is 0 Å². The number of hydrogen-bond donors (Lipinski definition) is 1. The number of fused-ring (bicyclic) bond motifs is 1. The second kappa shape index (κ2) is 11.9. The van der Waals surface area contributed by atoms with Crippen molar-refractivity contribution in [3.63, 3.8) is 0 Å². The summed E-state index contributed by atoms with van der Waals surface area (Å²) in [5.41, 5.74) is 0.748. The van der Waals surface area contributed by atoms with E-state index in [1.54, 1.807) is 4.57 Å². The van der Waals surface area contributed by atoms with E-state index in [0.717, 1.165) is 56.6 Å². The topological polar surface area (TPSA) is 61.3 Å². The third kappa shape index (κ3) is 6.54. The number of amides is 1. The Labute approximate surface area is 202 Å². The molecule has 2 fully saturated rings. The average molecular weight is 471 g/mol. The number of unbranched alkanes of at least 4 members (excludes halogenated alkanes) is 2. The van der Waals surface area contributed by atoms with Crippen LogP contribution in [-0.4, -0.2) is 58.0 Å². The molecule has 33 heavy (non-hydrogen) atoms. The predicted molar refractivity (Wildman–Crippen MR) is 136 cm³/mol. The van der Waals surface area contributed by atoms with Gasteiger partial charge in [-0.2, -0.15) is 0 Å². The molecular formula is C26H38N4O2S. The molecule has 4 rings (SSSR count). The number of nitrogens with zero attached hydrogens (tertiary/aromatic N) is 3. The summed E-state index contributed by atoms with van der Waals surface area (Å²) in [6.45, 7) is 6.16. The van der Waals surface area contributed by atoms with E-state index in [1.807, 2.05) is 24.3 Å². The van der Waals surface area contributed by atoms with Crippen LogP contribution < -0.4 is 5.56 Å². The molecule has 7 heteroatoms. The largest absolute Gasteiger partial charge is 0.343 e. The quantitative estimate of drug-likeness (QED) is 0.447. The third-order valence-electron chi connectivity index (χ3n) is 7.34. The lowest BCUT2D eigenvalue weighted by atomic mass is 9.95. The molecule has 2 aliphatic rings. The van der Waals surface area contributed by atoms with Crippen molar-refractivity contribution in [1.29, 1.82) is 0 Å². The Morgan fingerprint density at radius 1 is 0.970 bits per heavy atom. The second-order valence-electron chi connectivity index (χ2n) is 9.78. The van der Waals surface area contributed by atoms with Gasteiger partial charge in [-0.1, -0.05) is 31.4 Å². The molecule has 1 aromatic carbocycles. The zero-order chi connectivity index (χ0) is 23.0. The number of nitrogens with one attached hydrogen (secondary N) is 1. The van der Waals surface area contributed by atoms with Crippen molar-refractivity contribution >= 4 is 29.0 Å². The zero-order valence-electron chi connectivity index (χ0n) is 19.8. The average Bonchev–Trinajstić information content (AvgIpc) is 3.10. The number of piperidine rings is 1. The first-order valence-corrected chi connectivity index (χ1v) is 13.2. The van der Waals surface area contributed by atoms with E-state index >= 15 is 0 Å². The summed E-state index contributed by atoms with van der Waals surface area (Å²) < 4.78 is 2.12. The highest BCUT2D eigenvalue weighted by Gasteiger charge is 2.24. The maximum Gasteiger partial charge on any atom is 0.262 e. The standard InChI is InChI=1S/C26H38N4O2S/c31-24(29-18-13-21(14-19-29)20-28-15-7-1-2-8-16-28)12-4-3-9-17-30-25(32)22-10-5-6-11-23(22)27-26(30)33/h5-6,10-11,21H,1-4,7-9,12-20H2,(H,27,33).